The lowest BCUT2D eigenvalue weighted by atomic mass is 10.1. The number of aromatic nitrogens is 2. The Hall–Kier alpha value is -1.57. The van der Waals surface area contributed by atoms with Gasteiger partial charge in [0, 0.05) is 32.0 Å². The van der Waals surface area contributed by atoms with E-state index < -0.39 is 0 Å². The first-order chi connectivity index (χ1) is 10.7. The topological polar surface area (TPSA) is 54.2 Å². The van der Waals surface area contributed by atoms with Crippen molar-refractivity contribution >= 4 is 29.9 Å². The number of guanidine groups is 1. The van der Waals surface area contributed by atoms with E-state index in [0.717, 1.165) is 25.0 Å². The minimum Gasteiger partial charge on any atom is -0.353 e. The van der Waals surface area contributed by atoms with Crippen LogP contribution in [0, 0.1) is 5.92 Å². The summed E-state index contributed by atoms with van der Waals surface area (Å²) in [6.45, 7) is 3.82. The smallest absolute Gasteiger partial charge is 0.191 e. The average Bonchev–Trinajstić information content (AvgIpc) is 2.99. The van der Waals surface area contributed by atoms with E-state index in [1.165, 1.54) is 17.5 Å². The number of nitrogens with zero attached hydrogens (tertiary/aromatic N) is 3. The summed E-state index contributed by atoms with van der Waals surface area (Å²) in [5, 5.41) is 11.1. The highest BCUT2D eigenvalue weighted by Crippen LogP contribution is 2.28. The zero-order chi connectivity index (χ0) is 15.4. The minimum absolute atomic E-state index is 0. The van der Waals surface area contributed by atoms with E-state index in [1.807, 2.05) is 24.0 Å². The number of nitrogens with one attached hydrogen (secondary N) is 2. The van der Waals surface area contributed by atoms with Gasteiger partial charge in [0.15, 0.2) is 5.96 Å². The van der Waals surface area contributed by atoms with Gasteiger partial charge in [-0.15, -0.1) is 24.0 Å². The molecule has 2 unspecified atom stereocenters. The molecule has 2 aromatic rings. The Labute approximate surface area is 154 Å². The molecule has 124 valence electrons. The van der Waals surface area contributed by atoms with Crippen LogP contribution in [0.5, 0.6) is 0 Å². The van der Waals surface area contributed by atoms with Crippen molar-refractivity contribution in [1.29, 1.82) is 0 Å². The Morgan fingerprint density at radius 2 is 2.13 bits per heavy atom. The van der Waals surface area contributed by atoms with Crippen molar-refractivity contribution in [3.05, 3.63) is 53.9 Å². The van der Waals surface area contributed by atoms with Gasteiger partial charge in [0.2, 0.25) is 0 Å². The van der Waals surface area contributed by atoms with Crippen molar-refractivity contribution in [2.24, 2.45) is 10.9 Å². The largest absolute Gasteiger partial charge is 0.353 e. The van der Waals surface area contributed by atoms with Crippen LogP contribution in [-0.4, -0.2) is 28.8 Å². The molecule has 0 saturated heterocycles. The molecule has 1 aromatic carbocycles. The SMILES string of the molecule is CN=C(NCc1cccc(Cn2cccn2)c1)NC1CC1C.I. The standard InChI is InChI=1S/C17H23N5.HI/c1-13-9-16(13)21-17(18-2)19-11-14-5-3-6-15(10-14)12-22-8-4-7-20-22;/h3-8,10,13,16H,9,11-12H2,1-2H3,(H2,18,19,21);1H. The van der Waals surface area contributed by atoms with Gasteiger partial charge in [0.25, 0.3) is 0 Å². The van der Waals surface area contributed by atoms with E-state index in [-0.39, 0.29) is 24.0 Å². The quantitative estimate of drug-likeness (QED) is 0.440. The molecule has 2 atom stereocenters. The maximum atomic E-state index is 4.28. The second-order valence-corrected chi connectivity index (χ2v) is 5.91. The highest BCUT2D eigenvalue weighted by molar-refractivity contribution is 14.0. The van der Waals surface area contributed by atoms with Gasteiger partial charge in [0.05, 0.1) is 6.54 Å². The van der Waals surface area contributed by atoms with Crippen LogP contribution in [-0.2, 0) is 13.1 Å². The predicted molar refractivity (Wildman–Crippen MR) is 104 cm³/mol. The van der Waals surface area contributed by atoms with E-state index in [0.29, 0.717) is 6.04 Å². The zero-order valence-electron chi connectivity index (χ0n) is 13.6. The van der Waals surface area contributed by atoms with Crippen LogP contribution in [0.4, 0.5) is 0 Å². The molecule has 1 heterocycles. The summed E-state index contributed by atoms with van der Waals surface area (Å²) in [6, 6.07) is 11.1. The molecule has 3 rings (SSSR count). The molecule has 0 aliphatic heterocycles. The molecule has 1 aromatic heterocycles. The summed E-state index contributed by atoms with van der Waals surface area (Å²) in [5.74, 6) is 1.64. The number of rotatable bonds is 5. The molecule has 1 aliphatic rings. The lowest BCUT2D eigenvalue weighted by Crippen LogP contribution is -2.38. The summed E-state index contributed by atoms with van der Waals surface area (Å²) in [5.41, 5.74) is 2.50. The highest BCUT2D eigenvalue weighted by Gasteiger charge is 2.33. The Bertz CT molecular complexity index is 638. The fourth-order valence-electron chi connectivity index (χ4n) is 2.50. The van der Waals surface area contributed by atoms with E-state index in [9.17, 15) is 0 Å². The molecular formula is C17H24IN5. The molecule has 0 spiro atoms. The fourth-order valence-corrected chi connectivity index (χ4v) is 2.50. The van der Waals surface area contributed by atoms with Gasteiger partial charge >= 0.3 is 0 Å². The summed E-state index contributed by atoms with van der Waals surface area (Å²) in [6.07, 6.45) is 5.02. The van der Waals surface area contributed by atoms with Crippen LogP contribution in [0.3, 0.4) is 0 Å². The molecule has 1 aliphatic carbocycles. The van der Waals surface area contributed by atoms with Gasteiger partial charge in [-0.05, 0) is 29.5 Å². The van der Waals surface area contributed by atoms with E-state index in [4.69, 9.17) is 0 Å². The fraction of sp³-hybridized carbons (Fsp3) is 0.412. The number of halogens is 1. The maximum absolute atomic E-state index is 4.28. The van der Waals surface area contributed by atoms with Crippen molar-refractivity contribution in [3.63, 3.8) is 0 Å². The molecule has 0 bridgehead atoms. The first-order valence-electron chi connectivity index (χ1n) is 7.77. The normalized spacial score (nSPS) is 19.8. The van der Waals surface area contributed by atoms with Crippen LogP contribution in [0.15, 0.2) is 47.7 Å². The second-order valence-electron chi connectivity index (χ2n) is 5.91. The van der Waals surface area contributed by atoms with Gasteiger partial charge in [-0.3, -0.25) is 9.67 Å². The zero-order valence-corrected chi connectivity index (χ0v) is 15.9. The van der Waals surface area contributed by atoms with Gasteiger partial charge in [-0.25, -0.2) is 0 Å². The molecule has 0 amide bonds. The number of hydrogen-bond acceptors (Lipinski definition) is 2. The molecule has 5 nitrogen and oxygen atoms in total. The highest BCUT2D eigenvalue weighted by atomic mass is 127. The third-order valence-electron chi connectivity index (χ3n) is 4.01. The molecule has 23 heavy (non-hydrogen) atoms. The van der Waals surface area contributed by atoms with Gasteiger partial charge in [0.1, 0.15) is 0 Å². The maximum Gasteiger partial charge on any atom is 0.191 e. The molecule has 0 radical (unpaired) electrons. The molecule has 1 fully saturated rings. The number of aliphatic imine (C=N–C) groups is 1. The Kier molecular flexibility index (Phi) is 6.44. The van der Waals surface area contributed by atoms with E-state index in [2.05, 4.69) is 51.9 Å². The first kappa shape index (κ1) is 17.8. The third kappa shape index (κ3) is 5.23. The lowest BCUT2D eigenvalue weighted by Gasteiger charge is -2.12. The van der Waals surface area contributed by atoms with Crippen LogP contribution in [0.25, 0.3) is 0 Å². The Balaban J connectivity index is 0.00000192. The van der Waals surface area contributed by atoms with E-state index in [1.54, 1.807) is 6.20 Å². The van der Waals surface area contributed by atoms with Crippen molar-refractivity contribution < 1.29 is 0 Å². The van der Waals surface area contributed by atoms with Crippen molar-refractivity contribution in [3.8, 4) is 0 Å². The van der Waals surface area contributed by atoms with Crippen molar-refractivity contribution in [2.45, 2.75) is 32.5 Å². The summed E-state index contributed by atoms with van der Waals surface area (Å²) >= 11 is 0. The minimum atomic E-state index is 0. The van der Waals surface area contributed by atoms with Crippen LogP contribution in [0.1, 0.15) is 24.5 Å². The first-order valence-corrected chi connectivity index (χ1v) is 7.77. The predicted octanol–water partition coefficient (Wildman–Crippen LogP) is 2.62. The molecular weight excluding hydrogens is 401 g/mol. The lowest BCUT2D eigenvalue weighted by molar-refractivity contribution is 0.685. The van der Waals surface area contributed by atoms with Gasteiger partial charge in [-0.2, -0.15) is 5.10 Å². The molecule has 2 N–H and O–H groups in total. The van der Waals surface area contributed by atoms with Crippen molar-refractivity contribution in [1.82, 2.24) is 20.4 Å². The molecule has 1 saturated carbocycles. The monoisotopic (exact) mass is 425 g/mol. The van der Waals surface area contributed by atoms with Gasteiger partial charge in [-0.1, -0.05) is 31.2 Å². The Morgan fingerprint density at radius 1 is 1.35 bits per heavy atom. The summed E-state index contributed by atoms with van der Waals surface area (Å²) < 4.78 is 1.93. The van der Waals surface area contributed by atoms with Crippen molar-refractivity contribution in [2.75, 3.05) is 7.05 Å². The van der Waals surface area contributed by atoms with Gasteiger partial charge < -0.3 is 10.6 Å². The second kappa shape index (κ2) is 8.33. The summed E-state index contributed by atoms with van der Waals surface area (Å²) in [4.78, 5) is 4.28. The summed E-state index contributed by atoms with van der Waals surface area (Å²) in [7, 11) is 1.82. The third-order valence-corrected chi connectivity index (χ3v) is 4.01. The van der Waals surface area contributed by atoms with Crippen LogP contribution >= 0.6 is 24.0 Å². The Morgan fingerprint density at radius 3 is 2.78 bits per heavy atom. The van der Waals surface area contributed by atoms with E-state index >= 15 is 0 Å². The average molecular weight is 425 g/mol. The number of benzene rings is 1. The number of hydrogen-bond donors (Lipinski definition) is 2. The molecule has 6 heteroatoms. The van der Waals surface area contributed by atoms with Crippen LogP contribution < -0.4 is 10.6 Å². The van der Waals surface area contributed by atoms with Crippen LogP contribution in [0.2, 0.25) is 0 Å².